The summed E-state index contributed by atoms with van der Waals surface area (Å²) in [6.07, 6.45) is 0. The highest BCUT2D eigenvalue weighted by Gasteiger charge is 2.22. The first-order chi connectivity index (χ1) is 12.9. The summed E-state index contributed by atoms with van der Waals surface area (Å²) in [4.78, 5) is 25.5. The van der Waals surface area contributed by atoms with Crippen LogP contribution in [0.15, 0.2) is 36.4 Å². The Morgan fingerprint density at radius 2 is 1.93 bits per heavy atom. The number of amides is 3. The lowest BCUT2D eigenvalue weighted by Gasteiger charge is -2.20. The van der Waals surface area contributed by atoms with Crippen molar-refractivity contribution in [3.05, 3.63) is 59.2 Å². The molecule has 6 nitrogen and oxygen atoms in total. The predicted molar refractivity (Wildman–Crippen MR) is 95.2 cm³/mol. The summed E-state index contributed by atoms with van der Waals surface area (Å²) >= 11 is 0. The molecule has 1 aliphatic heterocycles. The first-order valence-corrected chi connectivity index (χ1v) is 8.48. The highest BCUT2D eigenvalue weighted by Crippen LogP contribution is 2.27. The van der Waals surface area contributed by atoms with Crippen LogP contribution in [-0.2, 0) is 17.9 Å². The summed E-state index contributed by atoms with van der Waals surface area (Å²) in [7, 11) is 0. The van der Waals surface area contributed by atoms with Crippen LogP contribution >= 0.6 is 0 Å². The van der Waals surface area contributed by atoms with Crippen LogP contribution in [0.3, 0.4) is 0 Å². The quantitative estimate of drug-likeness (QED) is 0.863. The zero-order valence-corrected chi connectivity index (χ0v) is 14.7. The molecule has 0 spiro atoms. The van der Waals surface area contributed by atoms with E-state index in [-0.39, 0.29) is 31.6 Å². The Labute approximate surface area is 155 Å². The fourth-order valence-electron chi connectivity index (χ4n) is 2.85. The number of carbonyl (C=O) groups excluding carboxylic acids is 2. The van der Waals surface area contributed by atoms with Crippen molar-refractivity contribution in [1.82, 2.24) is 10.2 Å². The number of nitrogens with one attached hydrogen (secondary N) is 2. The molecule has 8 heteroatoms. The van der Waals surface area contributed by atoms with Gasteiger partial charge in [-0.05, 0) is 42.8 Å². The molecule has 0 bridgehead atoms. The summed E-state index contributed by atoms with van der Waals surface area (Å²) in [6, 6.07) is 7.89. The van der Waals surface area contributed by atoms with E-state index in [0.29, 0.717) is 29.1 Å². The molecule has 2 aromatic rings. The molecular weight excluding hydrogens is 356 g/mol. The number of hydrogen-bond donors (Lipinski definition) is 2. The predicted octanol–water partition coefficient (Wildman–Crippen LogP) is 3.03. The first-order valence-electron chi connectivity index (χ1n) is 8.48. The zero-order valence-electron chi connectivity index (χ0n) is 14.7. The number of fused-ring (bicyclic) bond motifs is 1. The monoisotopic (exact) mass is 375 g/mol. The van der Waals surface area contributed by atoms with Gasteiger partial charge in [-0.2, -0.15) is 0 Å². The van der Waals surface area contributed by atoms with Gasteiger partial charge in [0.25, 0.3) is 5.91 Å². The number of benzene rings is 2. The summed E-state index contributed by atoms with van der Waals surface area (Å²) in [6.45, 7) is 2.37. The van der Waals surface area contributed by atoms with Crippen LogP contribution in [0.25, 0.3) is 0 Å². The van der Waals surface area contributed by atoms with E-state index >= 15 is 0 Å². The smallest absolute Gasteiger partial charge is 0.319 e. The van der Waals surface area contributed by atoms with Gasteiger partial charge in [-0.3, -0.25) is 4.79 Å². The summed E-state index contributed by atoms with van der Waals surface area (Å²) in [5.41, 5.74) is 1.59. The number of urea groups is 1. The molecule has 0 atom stereocenters. The lowest BCUT2D eigenvalue weighted by atomic mass is 10.1. The minimum atomic E-state index is -0.697. The van der Waals surface area contributed by atoms with E-state index in [4.69, 9.17) is 4.74 Å². The van der Waals surface area contributed by atoms with Crippen molar-refractivity contribution in [2.75, 3.05) is 18.5 Å². The number of carbonyl (C=O) groups is 2. The van der Waals surface area contributed by atoms with Gasteiger partial charge in [0.15, 0.2) is 6.61 Å². The van der Waals surface area contributed by atoms with Crippen molar-refractivity contribution in [3.8, 4) is 5.75 Å². The molecule has 27 heavy (non-hydrogen) atoms. The number of nitrogens with zero attached hydrogens (tertiary/aromatic N) is 1. The SMILES string of the molecule is CCNC(=O)Nc1ccc2c(c1)CN(Cc1cc(F)cc(F)c1)C(=O)CO2. The average molecular weight is 375 g/mol. The fourth-order valence-corrected chi connectivity index (χ4v) is 2.85. The van der Waals surface area contributed by atoms with Crippen molar-refractivity contribution in [1.29, 1.82) is 0 Å². The van der Waals surface area contributed by atoms with Gasteiger partial charge in [0.2, 0.25) is 0 Å². The minimum absolute atomic E-state index is 0.0459. The molecule has 0 saturated carbocycles. The van der Waals surface area contributed by atoms with Gasteiger partial charge in [0.1, 0.15) is 17.4 Å². The topological polar surface area (TPSA) is 70.7 Å². The van der Waals surface area contributed by atoms with Gasteiger partial charge in [0.05, 0.1) is 0 Å². The largest absolute Gasteiger partial charge is 0.483 e. The van der Waals surface area contributed by atoms with Gasteiger partial charge < -0.3 is 20.3 Å². The second-order valence-electron chi connectivity index (χ2n) is 6.12. The van der Waals surface area contributed by atoms with E-state index < -0.39 is 11.6 Å². The van der Waals surface area contributed by atoms with Crippen molar-refractivity contribution in [2.45, 2.75) is 20.0 Å². The highest BCUT2D eigenvalue weighted by molar-refractivity contribution is 5.89. The van der Waals surface area contributed by atoms with Crippen LogP contribution in [0.1, 0.15) is 18.1 Å². The highest BCUT2D eigenvalue weighted by atomic mass is 19.1. The van der Waals surface area contributed by atoms with Crippen molar-refractivity contribution in [3.63, 3.8) is 0 Å². The molecular formula is C19H19F2N3O3. The third kappa shape index (κ3) is 4.72. The fraction of sp³-hybridized carbons (Fsp3) is 0.263. The number of halogens is 2. The molecule has 3 rings (SSSR count). The molecule has 0 radical (unpaired) electrons. The minimum Gasteiger partial charge on any atom is -0.483 e. The van der Waals surface area contributed by atoms with E-state index in [1.807, 2.05) is 6.92 Å². The molecule has 0 fully saturated rings. The second kappa shape index (κ2) is 8.03. The van der Waals surface area contributed by atoms with Crippen LogP contribution in [-0.4, -0.2) is 30.0 Å². The number of hydrogen-bond acceptors (Lipinski definition) is 3. The van der Waals surface area contributed by atoms with E-state index in [0.717, 1.165) is 6.07 Å². The lowest BCUT2D eigenvalue weighted by Crippen LogP contribution is -2.32. The van der Waals surface area contributed by atoms with Gasteiger partial charge in [-0.15, -0.1) is 0 Å². The molecule has 0 aromatic heterocycles. The molecule has 1 heterocycles. The third-order valence-corrected chi connectivity index (χ3v) is 4.02. The van der Waals surface area contributed by atoms with Gasteiger partial charge in [0, 0.05) is 37.0 Å². The van der Waals surface area contributed by atoms with Crippen LogP contribution in [0, 0.1) is 11.6 Å². The van der Waals surface area contributed by atoms with Crippen molar-refractivity contribution >= 4 is 17.6 Å². The Morgan fingerprint density at radius 3 is 2.63 bits per heavy atom. The number of anilines is 1. The van der Waals surface area contributed by atoms with Gasteiger partial charge in [-0.1, -0.05) is 0 Å². The Balaban J connectivity index is 1.80. The summed E-state index contributed by atoms with van der Waals surface area (Å²) < 4.78 is 32.4. The number of ether oxygens (including phenoxy) is 1. The maximum Gasteiger partial charge on any atom is 0.319 e. The Bertz CT molecular complexity index is 853. The van der Waals surface area contributed by atoms with E-state index in [9.17, 15) is 18.4 Å². The van der Waals surface area contributed by atoms with Gasteiger partial charge >= 0.3 is 6.03 Å². The molecule has 2 aromatic carbocycles. The number of rotatable bonds is 4. The Hall–Kier alpha value is -3.16. The molecule has 0 aliphatic carbocycles. The second-order valence-corrected chi connectivity index (χ2v) is 6.12. The van der Waals surface area contributed by atoms with E-state index in [2.05, 4.69) is 10.6 Å². The van der Waals surface area contributed by atoms with Crippen LogP contribution in [0.5, 0.6) is 5.75 Å². The molecule has 142 valence electrons. The Kier molecular flexibility index (Phi) is 5.54. The summed E-state index contributed by atoms with van der Waals surface area (Å²) in [5.74, 6) is -1.17. The lowest BCUT2D eigenvalue weighted by molar-refractivity contribution is -0.133. The normalized spacial score (nSPS) is 13.4. The van der Waals surface area contributed by atoms with Crippen LogP contribution in [0.2, 0.25) is 0 Å². The average Bonchev–Trinajstić information content (AvgIpc) is 2.73. The maximum absolute atomic E-state index is 13.4. The maximum atomic E-state index is 13.4. The Morgan fingerprint density at radius 1 is 1.19 bits per heavy atom. The van der Waals surface area contributed by atoms with Gasteiger partial charge in [-0.25, -0.2) is 13.6 Å². The molecule has 0 unspecified atom stereocenters. The molecule has 0 saturated heterocycles. The van der Waals surface area contributed by atoms with Crippen LogP contribution < -0.4 is 15.4 Å². The van der Waals surface area contributed by atoms with Crippen LogP contribution in [0.4, 0.5) is 19.3 Å². The van der Waals surface area contributed by atoms with Crippen molar-refractivity contribution < 1.29 is 23.1 Å². The standard InChI is InChI=1S/C19H19F2N3O3/c1-2-22-19(26)23-16-3-4-17-13(7-16)10-24(18(25)11-27-17)9-12-5-14(20)8-15(21)6-12/h3-8H,2,9-11H2,1H3,(H2,22,23,26). The van der Waals surface area contributed by atoms with E-state index in [1.165, 1.54) is 17.0 Å². The summed E-state index contributed by atoms with van der Waals surface area (Å²) in [5, 5.41) is 5.32. The molecule has 2 N–H and O–H groups in total. The zero-order chi connectivity index (χ0) is 19.4. The molecule has 1 aliphatic rings. The third-order valence-electron chi connectivity index (χ3n) is 4.02. The van der Waals surface area contributed by atoms with E-state index in [1.54, 1.807) is 18.2 Å². The molecule has 3 amide bonds. The van der Waals surface area contributed by atoms with Crippen molar-refractivity contribution in [2.24, 2.45) is 0 Å². The first kappa shape index (κ1) is 18.6.